The zero-order chi connectivity index (χ0) is 11.1. The van der Waals surface area contributed by atoms with Crippen LogP contribution in [-0.4, -0.2) is 19.2 Å². The van der Waals surface area contributed by atoms with E-state index >= 15 is 0 Å². The van der Waals surface area contributed by atoms with Gasteiger partial charge in [-0.2, -0.15) is 0 Å². The fraction of sp³-hybridized carbons (Fsp3) is 0.364. The lowest BCUT2D eigenvalue weighted by Gasteiger charge is -2.10. The molecule has 0 spiro atoms. The molecule has 1 aromatic carbocycles. The van der Waals surface area contributed by atoms with Crippen LogP contribution in [0.25, 0.3) is 0 Å². The number of carbonyl (C=O) groups is 1. The Morgan fingerprint density at radius 3 is 2.73 bits per heavy atom. The molecule has 82 valence electrons. The molecule has 4 nitrogen and oxygen atoms in total. The summed E-state index contributed by atoms with van der Waals surface area (Å²) in [5.41, 5.74) is 5.42. The van der Waals surface area contributed by atoms with Crippen LogP contribution in [-0.2, 0) is 0 Å². The summed E-state index contributed by atoms with van der Waals surface area (Å²) in [6.07, 6.45) is -0.443. The van der Waals surface area contributed by atoms with Gasteiger partial charge in [0.15, 0.2) is 0 Å². The number of hydrogen-bond donors (Lipinski definition) is 2. The van der Waals surface area contributed by atoms with E-state index in [4.69, 9.17) is 10.5 Å². The molecule has 3 N–H and O–H groups in total. The van der Waals surface area contributed by atoms with Crippen molar-refractivity contribution in [1.29, 1.82) is 0 Å². The van der Waals surface area contributed by atoms with Crippen molar-refractivity contribution in [2.45, 2.75) is 6.92 Å². The second kappa shape index (κ2) is 6.03. The number of rotatable bonds is 4. The van der Waals surface area contributed by atoms with Gasteiger partial charge in [-0.25, -0.2) is 4.79 Å². The van der Waals surface area contributed by atoms with E-state index in [1.54, 1.807) is 12.1 Å². The van der Waals surface area contributed by atoms with E-state index in [1.165, 1.54) is 0 Å². The van der Waals surface area contributed by atoms with E-state index in [0.29, 0.717) is 18.8 Å². The Balaban J connectivity index is 2.31. The predicted molar refractivity (Wildman–Crippen MR) is 58.7 cm³/mol. The number of hydrogen-bond acceptors (Lipinski definition) is 3. The maximum Gasteiger partial charge on any atom is 0.412 e. The molecule has 1 amide bonds. The van der Waals surface area contributed by atoms with Gasteiger partial charge < -0.3 is 15.8 Å². The van der Waals surface area contributed by atoms with Gasteiger partial charge in [0, 0.05) is 6.54 Å². The van der Waals surface area contributed by atoms with Gasteiger partial charge in [0.2, 0.25) is 0 Å². The van der Waals surface area contributed by atoms with Crippen LogP contribution in [0.15, 0.2) is 30.3 Å². The highest BCUT2D eigenvalue weighted by Gasteiger charge is 2.05. The maximum absolute atomic E-state index is 11.3. The zero-order valence-electron chi connectivity index (χ0n) is 8.77. The van der Waals surface area contributed by atoms with E-state index < -0.39 is 6.09 Å². The van der Waals surface area contributed by atoms with Crippen molar-refractivity contribution in [1.82, 2.24) is 5.32 Å². The Morgan fingerprint density at radius 2 is 2.13 bits per heavy atom. The number of benzene rings is 1. The largest absolute Gasteiger partial charge is 0.412 e. The van der Waals surface area contributed by atoms with Gasteiger partial charge >= 0.3 is 6.09 Å². The Labute approximate surface area is 89.4 Å². The lowest BCUT2D eigenvalue weighted by atomic mass is 10.2. The molecule has 0 saturated carbocycles. The first-order valence-electron chi connectivity index (χ1n) is 4.93. The van der Waals surface area contributed by atoms with Crippen LogP contribution in [0.5, 0.6) is 5.75 Å². The molecule has 0 saturated heterocycles. The Bertz CT molecular complexity index is 301. The fourth-order valence-corrected chi connectivity index (χ4v) is 0.973. The number of ether oxygens (including phenoxy) is 1. The molecule has 0 heterocycles. The number of carbonyl (C=O) groups excluding carboxylic acids is 1. The van der Waals surface area contributed by atoms with Crippen LogP contribution in [0.4, 0.5) is 4.79 Å². The van der Waals surface area contributed by atoms with Gasteiger partial charge in [-0.1, -0.05) is 25.1 Å². The molecular weight excluding hydrogens is 192 g/mol. The normalized spacial score (nSPS) is 11.9. The standard InChI is InChI=1S/C11H16N2O2/c1-9(7-12)8-13-11(14)15-10-5-3-2-4-6-10/h2-6,9H,7-8,12H2,1H3,(H,13,14). The molecule has 1 aromatic rings. The smallest absolute Gasteiger partial charge is 0.410 e. The van der Waals surface area contributed by atoms with Crippen LogP contribution < -0.4 is 15.8 Å². The minimum Gasteiger partial charge on any atom is -0.410 e. The molecule has 0 aliphatic heterocycles. The van der Waals surface area contributed by atoms with Crippen LogP contribution >= 0.6 is 0 Å². The monoisotopic (exact) mass is 208 g/mol. The summed E-state index contributed by atoms with van der Waals surface area (Å²) in [5, 5.41) is 2.64. The summed E-state index contributed by atoms with van der Waals surface area (Å²) in [6.45, 7) is 3.04. The van der Waals surface area contributed by atoms with Crippen molar-refractivity contribution in [3.8, 4) is 5.75 Å². The molecule has 0 aromatic heterocycles. The number of nitrogens with two attached hydrogens (primary N) is 1. The number of amides is 1. The van der Waals surface area contributed by atoms with Crippen LogP contribution in [0.3, 0.4) is 0 Å². The van der Waals surface area contributed by atoms with E-state index in [-0.39, 0.29) is 5.92 Å². The molecule has 0 bridgehead atoms. The highest BCUT2D eigenvalue weighted by molar-refractivity contribution is 5.70. The van der Waals surface area contributed by atoms with Crippen LogP contribution in [0.2, 0.25) is 0 Å². The van der Waals surface area contributed by atoms with Crippen LogP contribution in [0, 0.1) is 5.92 Å². The summed E-state index contributed by atoms with van der Waals surface area (Å²) >= 11 is 0. The van der Waals surface area contributed by atoms with E-state index in [9.17, 15) is 4.79 Å². The second-order valence-electron chi connectivity index (χ2n) is 3.42. The lowest BCUT2D eigenvalue weighted by molar-refractivity contribution is 0.199. The fourth-order valence-electron chi connectivity index (χ4n) is 0.973. The third-order valence-corrected chi connectivity index (χ3v) is 1.95. The summed E-state index contributed by atoms with van der Waals surface area (Å²) in [5.74, 6) is 0.795. The quantitative estimate of drug-likeness (QED) is 0.785. The van der Waals surface area contributed by atoms with Gasteiger partial charge in [-0.05, 0) is 24.6 Å². The van der Waals surface area contributed by atoms with Crippen LogP contribution in [0.1, 0.15) is 6.92 Å². The predicted octanol–water partition coefficient (Wildman–Crippen LogP) is 1.37. The summed E-state index contributed by atoms with van der Waals surface area (Å²) in [4.78, 5) is 11.3. The number of para-hydroxylation sites is 1. The highest BCUT2D eigenvalue weighted by atomic mass is 16.5. The van der Waals surface area contributed by atoms with Gasteiger partial charge in [-0.15, -0.1) is 0 Å². The van der Waals surface area contributed by atoms with Crippen molar-refractivity contribution >= 4 is 6.09 Å². The highest BCUT2D eigenvalue weighted by Crippen LogP contribution is 2.07. The summed E-state index contributed by atoms with van der Waals surface area (Å²) in [7, 11) is 0. The molecule has 15 heavy (non-hydrogen) atoms. The Hall–Kier alpha value is -1.55. The second-order valence-corrected chi connectivity index (χ2v) is 3.42. The lowest BCUT2D eigenvalue weighted by Crippen LogP contribution is -2.33. The van der Waals surface area contributed by atoms with E-state index in [0.717, 1.165) is 0 Å². The molecule has 4 heteroatoms. The SMILES string of the molecule is CC(CN)CNC(=O)Oc1ccccc1. The van der Waals surface area contributed by atoms with E-state index in [2.05, 4.69) is 5.32 Å². The van der Waals surface area contributed by atoms with Crippen molar-refractivity contribution in [2.24, 2.45) is 11.7 Å². The molecule has 0 aliphatic rings. The number of nitrogens with one attached hydrogen (secondary N) is 1. The molecule has 0 radical (unpaired) electrons. The van der Waals surface area contributed by atoms with Crippen molar-refractivity contribution < 1.29 is 9.53 Å². The van der Waals surface area contributed by atoms with Crippen molar-refractivity contribution in [2.75, 3.05) is 13.1 Å². The summed E-state index contributed by atoms with van der Waals surface area (Å²) < 4.78 is 5.02. The topological polar surface area (TPSA) is 64.3 Å². The van der Waals surface area contributed by atoms with Crippen molar-refractivity contribution in [3.63, 3.8) is 0 Å². The Kier molecular flexibility index (Phi) is 4.63. The molecule has 0 fully saturated rings. The van der Waals surface area contributed by atoms with Gasteiger partial charge in [-0.3, -0.25) is 0 Å². The first kappa shape index (κ1) is 11.5. The average molecular weight is 208 g/mol. The first-order valence-corrected chi connectivity index (χ1v) is 4.93. The molecule has 1 atom stereocenters. The summed E-state index contributed by atoms with van der Waals surface area (Å²) in [6, 6.07) is 8.94. The minimum atomic E-state index is -0.443. The maximum atomic E-state index is 11.3. The third kappa shape index (κ3) is 4.46. The Morgan fingerprint density at radius 1 is 1.47 bits per heavy atom. The molecular formula is C11H16N2O2. The zero-order valence-corrected chi connectivity index (χ0v) is 8.77. The first-order chi connectivity index (χ1) is 7.22. The van der Waals surface area contributed by atoms with Gasteiger partial charge in [0.05, 0.1) is 0 Å². The molecule has 1 rings (SSSR count). The van der Waals surface area contributed by atoms with E-state index in [1.807, 2.05) is 25.1 Å². The minimum absolute atomic E-state index is 0.258. The van der Waals surface area contributed by atoms with Gasteiger partial charge in [0.25, 0.3) is 0 Å². The average Bonchev–Trinajstić information content (AvgIpc) is 2.27. The molecule has 0 aliphatic carbocycles. The third-order valence-electron chi connectivity index (χ3n) is 1.95. The van der Waals surface area contributed by atoms with Gasteiger partial charge in [0.1, 0.15) is 5.75 Å². The molecule has 1 unspecified atom stereocenters. The van der Waals surface area contributed by atoms with Crippen molar-refractivity contribution in [3.05, 3.63) is 30.3 Å².